The number of hydrogen-bond acceptors (Lipinski definition) is 5. The van der Waals surface area contributed by atoms with Gasteiger partial charge in [0.2, 0.25) is 0 Å². The van der Waals surface area contributed by atoms with E-state index in [1.165, 1.54) is 20.3 Å². The summed E-state index contributed by atoms with van der Waals surface area (Å²) in [4.78, 5) is 11.6. The van der Waals surface area contributed by atoms with Gasteiger partial charge in [0.1, 0.15) is 11.7 Å². The van der Waals surface area contributed by atoms with E-state index >= 15 is 0 Å². The number of carboxylic acids is 1. The number of methoxy groups -OCH3 is 2. The van der Waals surface area contributed by atoms with Crippen LogP contribution in [0.3, 0.4) is 0 Å². The van der Waals surface area contributed by atoms with Gasteiger partial charge in [-0.2, -0.15) is 0 Å². The maximum atomic E-state index is 14.4. The Bertz CT molecular complexity index is 799. The lowest BCUT2D eigenvalue weighted by Gasteiger charge is -2.19. The molecule has 2 rings (SSSR count). The van der Waals surface area contributed by atoms with Gasteiger partial charge in [0, 0.05) is 22.9 Å². The standard InChI is InChI=1S/C17H18FN3O4.ClH/c1-24-13-7-11(12(18)8-14(13)25-2)15(17(22)23)21-10-5-3-9(4-6-10)16(19)20;/h3-8,15,21H,1-2H3,(H3,19,20)(H,22,23);1H. The van der Waals surface area contributed by atoms with Crippen LogP contribution in [0, 0.1) is 11.2 Å². The van der Waals surface area contributed by atoms with E-state index in [2.05, 4.69) is 5.32 Å². The molecule has 7 nitrogen and oxygen atoms in total. The van der Waals surface area contributed by atoms with Crippen molar-refractivity contribution < 1.29 is 23.8 Å². The number of hydrogen-bond donors (Lipinski definition) is 4. The van der Waals surface area contributed by atoms with E-state index < -0.39 is 17.8 Å². The quantitative estimate of drug-likeness (QED) is 0.431. The Balaban J connectivity index is 0.00000338. The molecule has 2 aromatic carbocycles. The second-order valence-corrected chi connectivity index (χ2v) is 5.14. The van der Waals surface area contributed by atoms with Crippen LogP contribution >= 0.6 is 12.4 Å². The Morgan fingerprint density at radius 1 is 1.19 bits per heavy atom. The number of halogens is 2. The first-order chi connectivity index (χ1) is 11.9. The van der Waals surface area contributed by atoms with Crippen molar-refractivity contribution >= 4 is 29.9 Å². The third kappa shape index (κ3) is 4.54. The highest BCUT2D eigenvalue weighted by Crippen LogP contribution is 2.33. The number of nitrogens with two attached hydrogens (primary N) is 1. The summed E-state index contributed by atoms with van der Waals surface area (Å²) in [7, 11) is 2.74. The van der Waals surface area contributed by atoms with Crippen LogP contribution in [-0.2, 0) is 4.79 Å². The number of carboxylic acid groups (broad SMARTS) is 1. The summed E-state index contributed by atoms with van der Waals surface area (Å²) in [5.74, 6) is -1.72. The summed E-state index contributed by atoms with van der Waals surface area (Å²) in [5.41, 5.74) is 6.21. The second-order valence-electron chi connectivity index (χ2n) is 5.14. The van der Waals surface area contributed by atoms with Crippen molar-refractivity contribution in [3.63, 3.8) is 0 Å². The second kappa shape index (κ2) is 8.91. The van der Waals surface area contributed by atoms with Gasteiger partial charge in [0.15, 0.2) is 17.5 Å². The zero-order chi connectivity index (χ0) is 18.6. The normalized spacial score (nSPS) is 11.0. The predicted octanol–water partition coefficient (Wildman–Crippen LogP) is 2.79. The van der Waals surface area contributed by atoms with Crippen molar-refractivity contribution in [2.45, 2.75) is 6.04 Å². The minimum Gasteiger partial charge on any atom is -0.493 e. The minimum absolute atomic E-state index is 0. The minimum atomic E-state index is -1.34. The number of carbonyl (C=O) groups is 1. The molecule has 0 bridgehead atoms. The van der Waals surface area contributed by atoms with Gasteiger partial charge in [-0.25, -0.2) is 9.18 Å². The summed E-state index contributed by atoms with van der Waals surface area (Å²) in [6, 6.07) is 7.26. The Kier molecular flexibility index (Phi) is 7.21. The van der Waals surface area contributed by atoms with E-state index in [9.17, 15) is 14.3 Å². The molecule has 140 valence electrons. The molecule has 0 saturated carbocycles. The van der Waals surface area contributed by atoms with Gasteiger partial charge in [0.25, 0.3) is 0 Å². The lowest BCUT2D eigenvalue weighted by Crippen LogP contribution is -2.22. The molecule has 0 fully saturated rings. The van der Waals surface area contributed by atoms with Crippen molar-refractivity contribution in [3.8, 4) is 11.5 Å². The fourth-order valence-corrected chi connectivity index (χ4v) is 2.28. The molecule has 2 aromatic rings. The molecule has 0 aliphatic heterocycles. The highest BCUT2D eigenvalue weighted by atomic mass is 35.5. The van der Waals surface area contributed by atoms with Crippen molar-refractivity contribution in [2.24, 2.45) is 5.73 Å². The van der Waals surface area contributed by atoms with E-state index in [1.807, 2.05) is 0 Å². The van der Waals surface area contributed by atoms with E-state index in [0.717, 1.165) is 6.07 Å². The molecule has 0 aromatic heterocycles. The van der Waals surface area contributed by atoms with Crippen LogP contribution in [0.15, 0.2) is 36.4 Å². The molecule has 0 aliphatic carbocycles. The number of anilines is 1. The third-order valence-electron chi connectivity index (χ3n) is 3.57. The molecule has 5 N–H and O–H groups in total. The Hall–Kier alpha value is -3.00. The molecule has 9 heteroatoms. The van der Waals surface area contributed by atoms with Gasteiger partial charge >= 0.3 is 5.97 Å². The third-order valence-corrected chi connectivity index (χ3v) is 3.57. The average molecular weight is 384 g/mol. The van der Waals surface area contributed by atoms with Crippen LogP contribution < -0.4 is 20.5 Å². The van der Waals surface area contributed by atoms with Gasteiger partial charge in [-0.3, -0.25) is 5.41 Å². The Labute approximate surface area is 155 Å². The smallest absolute Gasteiger partial charge is 0.330 e. The lowest BCUT2D eigenvalue weighted by atomic mass is 10.0. The number of nitrogens with one attached hydrogen (secondary N) is 2. The topological polar surface area (TPSA) is 118 Å². The van der Waals surface area contributed by atoms with Crippen molar-refractivity contribution in [2.75, 3.05) is 19.5 Å². The Morgan fingerprint density at radius 3 is 2.19 bits per heavy atom. The molecular weight excluding hydrogens is 365 g/mol. The first-order valence-electron chi connectivity index (χ1n) is 7.22. The first-order valence-corrected chi connectivity index (χ1v) is 7.22. The number of nitrogen functional groups attached to an aromatic ring is 1. The molecule has 0 spiro atoms. The number of benzene rings is 2. The van der Waals surface area contributed by atoms with Gasteiger partial charge in [-0.1, -0.05) is 0 Å². The van der Waals surface area contributed by atoms with E-state index in [-0.39, 0.29) is 35.3 Å². The van der Waals surface area contributed by atoms with Crippen LogP contribution in [0.1, 0.15) is 17.2 Å². The number of aliphatic carboxylic acids is 1. The zero-order valence-corrected chi connectivity index (χ0v) is 14.9. The summed E-state index contributed by atoms with van der Waals surface area (Å²) in [6.07, 6.45) is 0. The van der Waals surface area contributed by atoms with Crippen LogP contribution in [0.4, 0.5) is 10.1 Å². The van der Waals surface area contributed by atoms with E-state index in [1.54, 1.807) is 24.3 Å². The molecule has 0 saturated heterocycles. The maximum Gasteiger partial charge on any atom is 0.330 e. The van der Waals surface area contributed by atoms with E-state index in [0.29, 0.717) is 11.3 Å². The largest absolute Gasteiger partial charge is 0.493 e. The number of rotatable bonds is 7. The summed E-state index contributed by atoms with van der Waals surface area (Å²) in [6.45, 7) is 0. The molecule has 0 heterocycles. The van der Waals surface area contributed by atoms with Gasteiger partial charge in [-0.15, -0.1) is 12.4 Å². The highest BCUT2D eigenvalue weighted by Gasteiger charge is 2.25. The fraction of sp³-hybridized carbons (Fsp3) is 0.176. The van der Waals surface area contributed by atoms with Crippen LogP contribution in [0.2, 0.25) is 0 Å². The molecule has 0 radical (unpaired) electrons. The average Bonchev–Trinajstić information content (AvgIpc) is 2.59. The van der Waals surface area contributed by atoms with Crippen LogP contribution in [0.25, 0.3) is 0 Å². The SMILES string of the molecule is COc1cc(F)c(C(Nc2ccc(C(=N)N)cc2)C(=O)O)cc1OC.Cl. The van der Waals surface area contributed by atoms with Crippen LogP contribution in [-0.4, -0.2) is 31.1 Å². The molecule has 1 unspecified atom stereocenters. The van der Waals surface area contributed by atoms with Gasteiger partial charge in [-0.05, 0) is 30.3 Å². The summed E-state index contributed by atoms with van der Waals surface area (Å²) in [5, 5.41) is 19.6. The van der Waals surface area contributed by atoms with Crippen molar-refractivity contribution in [1.82, 2.24) is 0 Å². The van der Waals surface area contributed by atoms with Gasteiger partial charge < -0.3 is 25.6 Å². The summed E-state index contributed by atoms with van der Waals surface area (Å²) >= 11 is 0. The van der Waals surface area contributed by atoms with Crippen LogP contribution in [0.5, 0.6) is 11.5 Å². The number of amidine groups is 1. The van der Waals surface area contributed by atoms with E-state index in [4.69, 9.17) is 20.6 Å². The molecule has 0 amide bonds. The first kappa shape index (κ1) is 21.0. The molecule has 1 atom stereocenters. The predicted molar refractivity (Wildman–Crippen MR) is 98.2 cm³/mol. The Morgan fingerprint density at radius 2 is 1.73 bits per heavy atom. The number of ether oxygens (including phenoxy) is 2. The van der Waals surface area contributed by atoms with Gasteiger partial charge in [0.05, 0.1) is 14.2 Å². The lowest BCUT2D eigenvalue weighted by molar-refractivity contribution is -0.138. The summed E-state index contributed by atoms with van der Waals surface area (Å²) < 4.78 is 24.5. The molecule has 26 heavy (non-hydrogen) atoms. The van der Waals surface area contributed by atoms with Crippen molar-refractivity contribution in [1.29, 1.82) is 5.41 Å². The molecule has 0 aliphatic rings. The maximum absolute atomic E-state index is 14.4. The fourth-order valence-electron chi connectivity index (χ4n) is 2.28. The zero-order valence-electron chi connectivity index (χ0n) is 14.1. The monoisotopic (exact) mass is 383 g/mol. The van der Waals surface area contributed by atoms with Crippen molar-refractivity contribution in [3.05, 3.63) is 53.3 Å². The molecular formula is C17H19ClFN3O4. The highest BCUT2D eigenvalue weighted by molar-refractivity contribution is 5.95.